The van der Waals surface area contributed by atoms with Crippen molar-refractivity contribution in [1.82, 2.24) is 0 Å². The van der Waals surface area contributed by atoms with Gasteiger partial charge >= 0.3 is 0 Å². The highest BCUT2D eigenvalue weighted by atomic mass is 16.6. The van der Waals surface area contributed by atoms with Gasteiger partial charge in [0.1, 0.15) is 17.1 Å². The van der Waals surface area contributed by atoms with Crippen LogP contribution in [0.3, 0.4) is 0 Å². The molecule has 0 amide bonds. The van der Waals surface area contributed by atoms with Gasteiger partial charge < -0.3 is 9.84 Å². The Morgan fingerprint density at radius 3 is 2.83 bits per heavy atom. The van der Waals surface area contributed by atoms with Crippen LogP contribution in [0, 0.1) is 11.8 Å². The lowest BCUT2D eigenvalue weighted by molar-refractivity contribution is -0.128. The first-order chi connectivity index (χ1) is 10.9. The molecule has 1 heterocycles. The van der Waals surface area contributed by atoms with Crippen LogP contribution in [-0.2, 0) is 9.53 Å². The van der Waals surface area contributed by atoms with Gasteiger partial charge in [-0.15, -0.1) is 0 Å². The molecule has 0 aromatic heterocycles. The lowest BCUT2D eigenvalue weighted by Gasteiger charge is -2.49. The summed E-state index contributed by atoms with van der Waals surface area (Å²) in [6.45, 7) is 6.48. The molecule has 1 saturated carbocycles. The number of allylic oxidation sites excluding steroid dienone is 1. The van der Waals surface area contributed by atoms with Crippen molar-refractivity contribution in [3.63, 3.8) is 0 Å². The molecule has 2 aliphatic carbocycles. The van der Waals surface area contributed by atoms with Crippen molar-refractivity contribution in [3.8, 4) is 0 Å². The number of hydrogen-bond acceptors (Lipinski definition) is 3. The van der Waals surface area contributed by atoms with Gasteiger partial charge in [0.2, 0.25) is 0 Å². The predicted octanol–water partition coefficient (Wildman–Crippen LogP) is 4.31. The molecule has 3 aliphatic rings. The van der Waals surface area contributed by atoms with Crippen LogP contribution < -0.4 is 0 Å². The second-order valence-electron chi connectivity index (χ2n) is 8.00. The molecule has 3 rings (SSSR count). The highest BCUT2D eigenvalue weighted by Crippen LogP contribution is 2.50. The van der Waals surface area contributed by atoms with Crippen molar-refractivity contribution in [1.29, 1.82) is 0 Å². The van der Waals surface area contributed by atoms with Crippen molar-refractivity contribution in [2.75, 3.05) is 0 Å². The second kappa shape index (κ2) is 6.43. The molecule has 0 aromatic carbocycles. The minimum absolute atomic E-state index is 0.165. The van der Waals surface area contributed by atoms with Gasteiger partial charge in [-0.25, -0.2) is 0 Å². The molecule has 3 nitrogen and oxygen atoms in total. The number of carbonyl (C=O) groups excluding carboxylic acids is 1. The largest absolute Gasteiger partial charge is 0.487 e. The topological polar surface area (TPSA) is 46.5 Å². The Kier molecular flexibility index (Phi) is 4.68. The molecule has 3 atom stereocenters. The average Bonchev–Trinajstić information content (AvgIpc) is 2.46. The van der Waals surface area contributed by atoms with Crippen LogP contribution >= 0.6 is 0 Å². The van der Waals surface area contributed by atoms with Gasteiger partial charge in [-0.2, -0.15) is 0 Å². The molecule has 1 unspecified atom stereocenters. The molecule has 1 fully saturated rings. The van der Waals surface area contributed by atoms with Crippen LogP contribution in [0.2, 0.25) is 0 Å². The fourth-order valence-corrected chi connectivity index (χ4v) is 4.67. The first-order valence-corrected chi connectivity index (χ1v) is 9.24. The van der Waals surface area contributed by atoms with Crippen molar-refractivity contribution in [2.45, 2.75) is 83.8 Å². The lowest BCUT2D eigenvalue weighted by atomic mass is 9.72. The highest BCUT2D eigenvalue weighted by Gasteiger charge is 2.49. The third kappa shape index (κ3) is 3.26. The number of carbonyl (C=O) groups is 1. The summed E-state index contributed by atoms with van der Waals surface area (Å²) >= 11 is 0. The quantitative estimate of drug-likeness (QED) is 0.619. The van der Waals surface area contributed by atoms with Crippen molar-refractivity contribution in [2.24, 2.45) is 11.8 Å². The fraction of sp³-hybridized carbons (Fsp3) is 0.750. The maximum atomic E-state index is 12.0. The number of rotatable bonds is 4. The van der Waals surface area contributed by atoms with E-state index in [1.807, 2.05) is 0 Å². The third-order valence-electron chi connectivity index (χ3n) is 5.87. The second-order valence-corrected chi connectivity index (χ2v) is 8.00. The number of unbranched alkanes of at least 4 members (excludes halogenated alkanes) is 2. The third-order valence-corrected chi connectivity index (χ3v) is 5.87. The zero-order chi connectivity index (χ0) is 16.6. The number of Topliss-reactive ketones (excluding diaryl/α,β-unsaturated/α-hetero) is 1. The number of ether oxygens (including phenoxy) is 1. The molecule has 0 spiro atoms. The van der Waals surface area contributed by atoms with E-state index in [9.17, 15) is 9.90 Å². The zero-order valence-corrected chi connectivity index (χ0v) is 14.7. The van der Waals surface area contributed by atoms with Gasteiger partial charge in [-0.05, 0) is 51.5 Å². The summed E-state index contributed by atoms with van der Waals surface area (Å²) in [6, 6.07) is 0. The Hall–Kier alpha value is -1.09. The number of ketones is 1. The summed E-state index contributed by atoms with van der Waals surface area (Å²) in [5, 5.41) is 10.7. The average molecular weight is 324 g/mol. The van der Waals surface area contributed by atoms with Gasteiger partial charge in [-0.1, -0.05) is 25.3 Å². The molecule has 0 saturated heterocycles. The van der Waals surface area contributed by atoms with Crippen LogP contribution in [0.4, 0.5) is 0 Å². The molecule has 23 heavy (non-hydrogen) atoms. The van der Waals surface area contributed by atoms with E-state index in [-0.39, 0.29) is 11.5 Å². The van der Waals surface area contributed by atoms with Gasteiger partial charge in [0.15, 0.2) is 0 Å². The summed E-state index contributed by atoms with van der Waals surface area (Å²) in [5.41, 5.74) is 2.04. The zero-order valence-electron chi connectivity index (χ0n) is 14.7. The monoisotopic (exact) mass is 324 g/mol. The molecule has 0 bridgehead atoms. The molecule has 3 heteroatoms. The molecule has 1 N–H and O–H groups in total. The fourth-order valence-electron chi connectivity index (χ4n) is 4.67. The normalized spacial score (nSPS) is 32.8. The first-order valence-electron chi connectivity index (χ1n) is 9.24. The Morgan fingerprint density at radius 2 is 2.09 bits per heavy atom. The van der Waals surface area contributed by atoms with E-state index in [1.54, 1.807) is 0 Å². The minimum Gasteiger partial charge on any atom is -0.487 e. The van der Waals surface area contributed by atoms with Gasteiger partial charge in [-0.3, -0.25) is 4.79 Å². The Morgan fingerprint density at radius 1 is 1.30 bits per heavy atom. The van der Waals surface area contributed by atoms with Gasteiger partial charge in [0, 0.05) is 24.3 Å². The van der Waals surface area contributed by atoms with Crippen LogP contribution in [0.25, 0.3) is 0 Å². The van der Waals surface area contributed by atoms with E-state index < -0.39 is 6.10 Å². The van der Waals surface area contributed by atoms with Crippen molar-refractivity contribution < 1.29 is 14.6 Å². The van der Waals surface area contributed by atoms with Crippen molar-refractivity contribution >= 4 is 5.78 Å². The van der Waals surface area contributed by atoms with Crippen molar-refractivity contribution in [3.05, 3.63) is 23.0 Å². The molecule has 0 aromatic rings. The summed E-state index contributed by atoms with van der Waals surface area (Å²) < 4.78 is 6.32. The molecular formula is C20H30O3. The highest BCUT2D eigenvalue weighted by molar-refractivity contribution is 5.80. The van der Waals surface area contributed by atoms with Crippen LogP contribution in [-0.4, -0.2) is 22.6 Å². The number of aliphatic hydroxyl groups excluding tert-OH is 1. The van der Waals surface area contributed by atoms with E-state index in [2.05, 4.69) is 26.8 Å². The van der Waals surface area contributed by atoms with E-state index in [0.29, 0.717) is 31.0 Å². The maximum absolute atomic E-state index is 12.0. The Balaban J connectivity index is 1.89. The Bertz CT molecular complexity index is 541. The summed E-state index contributed by atoms with van der Waals surface area (Å²) in [5.74, 6) is 1.69. The summed E-state index contributed by atoms with van der Waals surface area (Å²) in [7, 11) is 0. The minimum atomic E-state index is -0.471. The van der Waals surface area contributed by atoms with Gasteiger partial charge in [0.05, 0.1) is 6.10 Å². The first kappa shape index (κ1) is 16.8. The molecule has 1 aliphatic heterocycles. The molecular weight excluding hydrogens is 294 g/mol. The number of fused-ring (bicyclic) bond motifs is 2. The Labute approximate surface area is 139 Å². The summed E-state index contributed by atoms with van der Waals surface area (Å²) in [6.07, 6.45) is 9.16. The van der Waals surface area contributed by atoms with Crippen LogP contribution in [0.15, 0.2) is 23.0 Å². The SMILES string of the molecule is CCCCC[13C]1=[13CH][13C]2=[13C]([C@@H]3CC(=O)CC[C@H]3C(C)(C)O2)[13CH](O)[13CH2]1. The summed E-state index contributed by atoms with van der Waals surface area (Å²) in [4.78, 5) is 12.0. The van der Waals surface area contributed by atoms with E-state index in [1.165, 1.54) is 24.8 Å². The molecule has 0 radical (unpaired) electrons. The molecule has 128 valence electrons. The maximum Gasteiger partial charge on any atom is 0.133 e. The van der Waals surface area contributed by atoms with Gasteiger partial charge in [0.25, 0.3) is 0 Å². The lowest BCUT2D eigenvalue weighted by Crippen LogP contribution is -2.48. The number of aliphatic hydroxyl groups is 1. The number of hydrogen-bond donors (Lipinski definition) is 1. The standard InChI is InChI=1S/C20H30O3/c1-4-5-6-7-13-10-17(22)19-15-12-14(21)8-9-16(15)20(2,3)23-18(19)11-13/h11,15-17,22H,4-10,12H2,1-3H3/t15-,16-,17?/m1/s1/i10+1,11+1,13+1,17+1,18+1,19+1. The smallest absolute Gasteiger partial charge is 0.133 e. The van der Waals surface area contributed by atoms with E-state index >= 15 is 0 Å². The van der Waals surface area contributed by atoms with Crippen LogP contribution in [0.1, 0.15) is 72.1 Å². The predicted molar refractivity (Wildman–Crippen MR) is 90.9 cm³/mol. The van der Waals surface area contributed by atoms with E-state index in [0.717, 1.165) is 24.2 Å². The van der Waals surface area contributed by atoms with E-state index in [4.69, 9.17) is 4.74 Å². The van der Waals surface area contributed by atoms with Crippen LogP contribution in [0.5, 0.6) is 0 Å².